The lowest BCUT2D eigenvalue weighted by atomic mass is 10.1. The average molecular weight is 286 g/mol. The first-order chi connectivity index (χ1) is 10.2. The molecule has 0 spiro atoms. The lowest BCUT2D eigenvalue weighted by Gasteiger charge is -2.19. The topological polar surface area (TPSA) is 69.7 Å². The number of aromatic amines is 1. The Morgan fingerprint density at radius 3 is 3.10 bits per heavy atom. The van der Waals surface area contributed by atoms with Gasteiger partial charge >= 0.3 is 0 Å². The highest BCUT2D eigenvalue weighted by Crippen LogP contribution is 2.20. The van der Waals surface area contributed by atoms with Crippen LogP contribution in [0.2, 0.25) is 0 Å². The van der Waals surface area contributed by atoms with Crippen molar-refractivity contribution in [3.05, 3.63) is 24.2 Å². The Kier molecular flexibility index (Phi) is 4.15. The summed E-state index contributed by atoms with van der Waals surface area (Å²) in [6, 6.07) is 2.60. The van der Waals surface area contributed by atoms with E-state index in [4.69, 9.17) is 0 Å². The maximum absolute atomic E-state index is 4.56. The van der Waals surface area contributed by atoms with Crippen molar-refractivity contribution in [2.24, 2.45) is 0 Å². The van der Waals surface area contributed by atoms with Gasteiger partial charge in [-0.1, -0.05) is 0 Å². The van der Waals surface area contributed by atoms with Crippen molar-refractivity contribution in [1.82, 2.24) is 25.1 Å². The molecule has 6 heteroatoms. The predicted octanol–water partition coefficient (Wildman–Crippen LogP) is 2.07. The molecule has 0 radical (unpaired) electrons. The summed E-state index contributed by atoms with van der Waals surface area (Å²) in [4.78, 5) is 11.3. The highest BCUT2D eigenvalue weighted by Gasteiger charge is 2.20. The molecule has 0 amide bonds. The summed E-state index contributed by atoms with van der Waals surface area (Å²) in [5, 5.41) is 10.3. The normalized spacial score (nSPS) is 19.0. The summed E-state index contributed by atoms with van der Waals surface area (Å²) in [5.41, 5.74) is 2.87. The zero-order valence-electron chi connectivity index (χ0n) is 12.6. The third-order valence-electron chi connectivity index (χ3n) is 4.19. The van der Waals surface area contributed by atoms with Crippen LogP contribution in [0.25, 0.3) is 11.3 Å². The molecule has 0 aliphatic carbocycles. The SMILES string of the molecule is Cc1n[nH]cc1-c1ccnc(NCCC2CCCN2C)n1. The third-order valence-corrected chi connectivity index (χ3v) is 4.19. The molecule has 0 bridgehead atoms. The van der Waals surface area contributed by atoms with E-state index in [9.17, 15) is 0 Å². The molecule has 3 heterocycles. The van der Waals surface area contributed by atoms with Gasteiger partial charge in [0.15, 0.2) is 0 Å². The number of nitrogens with one attached hydrogen (secondary N) is 2. The first-order valence-corrected chi connectivity index (χ1v) is 7.52. The van der Waals surface area contributed by atoms with Crippen molar-refractivity contribution >= 4 is 5.95 Å². The van der Waals surface area contributed by atoms with E-state index in [-0.39, 0.29) is 0 Å². The molecule has 2 aromatic heterocycles. The minimum Gasteiger partial charge on any atom is -0.354 e. The van der Waals surface area contributed by atoms with E-state index in [2.05, 4.69) is 37.4 Å². The van der Waals surface area contributed by atoms with Crippen LogP contribution in [0.4, 0.5) is 5.95 Å². The second-order valence-corrected chi connectivity index (χ2v) is 5.64. The molecule has 1 unspecified atom stereocenters. The summed E-state index contributed by atoms with van der Waals surface area (Å²) >= 11 is 0. The lowest BCUT2D eigenvalue weighted by molar-refractivity contribution is 0.301. The molecule has 6 nitrogen and oxygen atoms in total. The molecule has 3 rings (SSSR count). The van der Waals surface area contributed by atoms with Crippen LogP contribution in [0.15, 0.2) is 18.5 Å². The molecule has 112 valence electrons. The van der Waals surface area contributed by atoms with Gasteiger partial charge in [0, 0.05) is 30.5 Å². The fourth-order valence-corrected chi connectivity index (χ4v) is 2.91. The van der Waals surface area contributed by atoms with Gasteiger partial charge in [-0.05, 0) is 45.8 Å². The van der Waals surface area contributed by atoms with E-state index < -0.39 is 0 Å². The summed E-state index contributed by atoms with van der Waals surface area (Å²) in [5.74, 6) is 0.689. The van der Waals surface area contributed by atoms with Crippen molar-refractivity contribution < 1.29 is 0 Å². The number of aromatic nitrogens is 4. The fraction of sp³-hybridized carbons (Fsp3) is 0.533. The van der Waals surface area contributed by atoms with Crippen LogP contribution in [0, 0.1) is 6.92 Å². The molecular formula is C15H22N6. The number of anilines is 1. The molecule has 1 aliphatic heterocycles. The number of hydrogen-bond acceptors (Lipinski definition) is 5. The Bertz CT molecular complexity index is 593. The van der Waals surface area contributed by atoms with Gasteiger partial charge in [0.05, 0.1) is 11.4 Å². The maximum Gasteiger partial charge on any atom is 0.223 e. The second-order valence-electron chi connectivity index (χ2n) is 5.64. The maximum atomic E-state index is 4.56. The Labute approximate surface area is 125 Å². The minimum atomic E-state index is 0.689. The van der Waals surface area contributed by atoms with Gasteiger partial charge in [-0.25, -0.2) is 9.97 Å². The standard InChI is InChI=1S/C15H22N6/c1-11-13(10-18-20-11)14-6-8-17-15(19-14)16-7-5-12-4-3-9-21(12)2/h6,8,10,12H,3-5,7,9H2,1-2H3,(H,18,20)(H,16,17,19). The van der Waals surface area contributed by atoms with Gasteiger partial charge in [0.1, 0.15) is 0 Å². The van der Waals surface area contributed by atoms with Crippen molar-refractivity contribution in [3.63, 3.8) is 0 Å². The lowest BCUT2D eigenvalue weighted by Crippen LogP contribution is -2.27. The van der Waals surface area contributed by atoms with Gasteiger partial charge in [-0.2, -0.15) is 5.10 Å². The monoisotopic (exact) mass is 286 g/mol. The number of likely N-dealkylation sites (tertiary alicyclic amines) is 1. The van der Waals surface area contributed by atoms with Crippen LogP contribution in [0.3, 0.4) is 0 Å². The van der Waals surface area contributed by atoms with Crippen LogP contribution in [-0.4, -0.2) is 51.2 Å². The van der Waals surface area contributed by atoms with E-state index in [0.29, 0.717) is 12.0 Å². The van der Waals surface area contributed by atoms with Crippen LogP contribution in [0.5, 0.6) is 0 Å². The Morgan fingerprint density at radius 2 is 2.38 bits per heavy atom. The molecule has 21 heavy (non-hydrogen) atoms. The molecule has 0 saturated carbocycles. The smallest absolute Gasteiger partial charge is 0.223 e. The Balaban J connectivity index is 1.60. The summed E-state index contributed by atoms with van der Waals surface area (Å²) < 4.78 is 0. The van der Waals surface area contributed by atoms with E-state index in [1.165, 1.54) is 19.4 Å². The molecule has 1 fully saturated rings. The van der Waals surface area contributed by atoms with Crippen LogP contribution >= 0.6 is 0 Å². The summed E-state index contributed by atoms with van der Waals surface area (Å²) in [7, 11) is 2.20. The first kappa shape index (κ1) is 14.0. The van der Waals surface area contributed by atoms with Gasteiger partial charge in [0.25, 0.3) is 0 Å². The number of aryl methyl sites for hydroxylation is 1. The molecule has 1 aliphatic rings. The fourth-order valence-electron chi connectivity index (χ4n) is 2.91. The van der Waals surface area contributed by atoms with Crippen molar-refractivity contribution in [3.8, 4) is 11.3 Å². The molecule has 2 N–H and O–H groups in total. The molecule has 0 aromatic carbocycles. The van der Waals surface area contributed by atoms with Crippen molar-refractivity contribution in [2.45, 2.75) is 32.2 Å². The number of rotatable bonds is 5. The highest BCUT2D eigenvalue weighted by atomic mass is 15.2. The minimum absolute atomic E-state index is 0.689. The Hall–Kier alpha value is -1.95. The van der Waals surface area contributed by atoms with E-state index in [1.54, 1.807) is 6.20 Å². The first-order valence-electron chi connectivity index (χ1n) is 7.52. The summed E-state index contributed by atoms with van der Waals surface area (Å²) in [6.45, 7) is 4.09. The van der Waals surface area contributed by atoms with Gasteiger partial charge < -0.3 is 10.2 Å². The third kappa shape index (κ3) is 3.21. The largest absolute Gasteiger partial charge is 0.354 e. The van der Waals surface area contributed by atoms with Gasteiger partial charge in [0.2, 0.25) is 5.95 Å². The molecule has 1 saturated heterocycles. The van der Waals surface area contributed by atoms with Crippen molar-refractivity contribution in [2.75, 3.05) is 25.5 Å². The van der Waals surface area contributed by atoms with E-state index in [1.807, 2.05) is 19.2 Å². The van der Waals surface area contributed by atoms with E-state index in [0.717, 1.165) is 29.9 Å². The molecular weight excluding hydrogens is 264 g/mol. The number of hydrogen-bond donors (Lipinski definition) is 2. The molecule has 2 aromatic rings. The predicted molar refractivity (Wildman–Crippen MR) is 83.1 cm³/mol. The average Bonchev–Trinajstić information content (AvgIpc) is 3.08. The van der Waals surface area contributed by atoms with Crippen molar-refractivity contribution in [1.29, 1.82) is 0 Å². The second kappa shape index (κ2) is 6.22. The molecule has 1 atom stereocenters. The quantitative estimate of drug-likeness (QED) is 0.880. The van der Waals surface area contributed by atoms with Crippen LogP contribution in [-0.2, 0) is 0 Å². The Morgan fingerprint density at radius 1 is 1.48 bits per heavy atom. The summed E-state index contributed by atoms with van der Waals surface area (Å²) in [6.07, 6.45) is 7.41. The zero-order valence-corrected chi connectivity index (χ0v) is 12.6. The number of nitrogens with zero attached hydrogens (tertiary/aromatic N) is 4. The number of H-pyrrole nitrogens is 1. The van der Waals surface area contributed by atoms with Gasteiger partial charge in [-0.3, -0.25) is 5.10 Å². The van der Waals surface area contributed by atoms with Gasteiger partial charge in [-0.15, -0.1) is 0 Å². The van der Waals surface area contributed by atoms with Crippen LogP contribution < -0.4 is 5.32 Å². The highest BCUT2D eigenvalue weighted by molar-refractivity contribution is 5.61. The van der Waals surface area contributed by atoms with Crippen LogP contribution in [0.1, 0.15) is 25.0 Å². The van der Waals surface area contributed by atoms with E-state index >= 15 is 0 Å². The zero-order chi connectivity index (χ0) is 14.7.